The highest BCUT2D eigenvalue weighted by Gasteiger charge is 2.24. The van der Waals surface area contributed by atoms with Crippen LogP contribution < -0.4 is 14.2 Å². The van der Waals surface area contributed by atoms with Crippen LogP contribution in [0.1, 0.15) is 101 Å². The number of para-hydroxylation sites is 1. The van der Waals surface area contributed by atoms with Gasteiger partial charge in [0.05, 0.1) is 13.2 Å². The van der Waals surface area contributed by atoms with Crippen molar-refractivity contribution < 1.29 is 19.0 Å². The number of carbonyl (C=O) groups is 1. The molecule has 39 heavy (non-hydrogen) atoms. The molecule has 0 aliphatic rings. The molecule has 0 fully saturated rings. The van der Waals surface area contributed by atoms with Crippen LogP contribution in [0, 0.1) is 25.7 Å². The Labute approximate surface area is 236 Å². The van der Waals surface area contributed by atoms with Crippen molar-refractivity contribution in [1.82, 2.24) is 0 Å². The van der Waals surface area contributed by atoms with Crippen LogP contribution in [0.2, 0.25) is 0 Å². The van der Waals surface area contributed by atoms with Crippen LogP contribution in [0.3, 0.4) is 0 Å². The van der Waals surface area contributed by atoms with Gasteiger partial charge in [0.25, 0.3) is 0 Å². The number of unbranched alkanes of at least 4 members (excludes halogenated alkanes) is 2. The number of benzene rings is 3. The maximum absolute atomic E-state index is 13.7. The van der Waals surface area contributed by atoms with Crippen molar-refractivity contribution in [3.05, 3.63) is 65.2 Å². The number of hydrogen-bond donors (Lipinski definition) is 0. The molecule has 0 radical (unpaired) electrons. The topological polar surface area (TPSA) is 44.8 Å². The highest BCUT2D eigenvalue weighted by molar-refractivity contribution is 6.05. The van der Waals surface area contributed by atoms with E-state index in [1.165, 1.54) is 19.3 Å². The van der Waals surface area contributed by atoms with Gasteiger partial charge in [0, 0.05) is 10.8 Å². The van der Waals surface area contributed by atoms with E-state index in [0.29, 0.717) is 42.1 Å². The summed E-state index contributed by atoms with van der Waals surface area (Å²) in [4.78, 5) is 13.7. The first-order chi connectivity index (χ1) is 18.9. The van der Waals surface area contributed by atoms with Gasteiger partial charge in [-0.2, -0.15) is 0 Å². The van der Waals surface area contributed by atoms with Crippen molar-refractivity contribution in [3.63, 3.8) is 0 Å². The van der Waals surface area contributed by atoms with Crippen molar-refractivity contribution in [2.75, 3.05) is 13.2 Å². The summed E-state index contributed by atoms with van der Waals surface area (Å²) in [6, 6.07) is 15.6. The molecular weight excluding hydrogens is 484 g/mol. The first-order valence-electron chi connectivity index (χ1n) is 15.0. The highest BCUT2D eigenvalue weighted by Crippen LogP contribution is 2.40. The molecule has 2 atom stereocenters. The SMILES string of the molecule is CCCCC(CC)COc1c(C(=O)Oc2ccccc2C)cc(OCC(CC)CCCC)c2c(C)cccc12. The third-order valence-corrected chi connectivity index (χ3v) is 7.82. The van der Waals surface area contributed by atoms with Gasteiger partial charge in [-0.25, -0.2) is 4.79 Å². The molecule has 4 nitrogen and oxygen atoms in total. The summed E-state index contributed by atoms with van der Waals surface area (Å²) >= 11 is 0. The summed E-state index contributed by atoms with van der Waals surface area (Å²) in [5, 5.41) is 1.91. The Morgan fingerprint density at radius 2 is 1.36 bits per heavy atom. The second-order valence-corrected chi connectivity index (χ2v) is 10.9. The second kappa shape index (κ2) is 15.5. The van der Waals surface area contributed by atoms with Crippen LogP contribution in [0.4, 0.5) is 0 Å². The number of fused-ring (bicyclic) bond motifs is 1. The van der Waals surface area contributed by atoms with Gasteiger partial charge in [0.1, 0.15) is 22.8 Å². The standard InChI is InChI=1S/C35H48O4/c1-7-11-18-27(9-3)23-37-32-22-30(35(36)39-31-21-14-13-16-25(31)5)34(29-20-15-17-26(6)33(29)32)38-24-28(10-4)19-12-8-2/h13-17,20-22,27-28H,7-12,18-19,23-24H2,1-6H3. The Kier molecular flexibility index (Phi) is 12.2. The Morgan fingerprint density at radius 3 is 1.97 bits per heavy atom. The van der Waals surface area contributed by atoms with Gasteiger partial charge in [-0.3, -0.25) is 0 Å². The van der Waals surface area contributed by atoms with Gasteiger partial charge in [0.2, 0.25) is 0 Å². The summed E-state index contributed by atoms with van der Waals surface area (Å²) < 4.78 is 19.0. The summed E-state index contributed by atoms with van der Waals surface area (Å²) in [6.45, 7) is 14.1. The third kappa shape index (κ3) is 8.24. The molecule has 0 spiro atoms. The molecule has 0 bridgehead atoms. The van der Waals surface area contributed by atoms with E-state index in [4.69, 9.17) is 14.2 Å². The molecule has 0 saturated heterocycles. The van der Waals surface area contributed by atoms with E-state index >= 15 is 0 Å². The van der Waals surface area contributed by atoms with Gasteiger partial charge in [-0.1, -0.05) is 103 Å². The monoisotopic (exact) mass is 532 g/mol. The predicted molar refractivity (Wildman–Crippen MR) is 162 cm³/mol. The summed E-state index contributed by atoms with van der Waals surface area (Å²) in [7, 11) is 0. The molecule has 0 saturated carbocycles. The number of hydrogen-bond acceptors (Lipinski definition) is 4. The molecule has 0 aliphatic carbocycles. The average molecular weight is 533 g/mol. The van der Waals surface area contributed by atoms with Crippen LogP contribution >= 0.6 is 0 Å². The fraction of sp³-hybridized carbons (Fsp3) is 0.514. The first kappa shape index (κ1) is 30.5. The molecule has 3 aromatic carbocycles. The Hall–Kier alpha value is -3.01. The van der Waals surface area contributed by atoms with E-state index in [-0.39, 0.29) is 0 Å². The molecule has 212 valence electrons. The summed E-state index contributed by atoms with van der Waals surface area (Å²) in [5.74, 6) is 2.36. The van der Waals surface area contributed by atoms with Crippen molar-refractivity contribution in [2.45, 2.75) is 92.9 Å². The van der Waals surface area contributed by atoms with Crippen molar-refractivity contribution in [2.24, 2.45) is 11.8 Å². The lowest BCUT2D eigenvalue weighted by atomic mass is 9.98. The lowest BCUT2D eigenvalue weighted by Gasteiger charge is -2.22. The van der Waals surface area contributed by atoms with Crippen LogP contribution in [0.25, 0.3) is 10.8 Å². The highest BCUT2D eigenvalue weighted by atomic mass is 16.5. The number of carbonyl (C=O) groups excluding carboxylic acids is 1. The normalized spacial score (nSPS) is 12.8. The minimum absolute atomic E-state index is 0.415. The minimum atomic E-state index is -0.424. The zero-order chi connectivity index (χ0) is 28.2. The van der Waals surface area contributed by atoms with Gasteiger partial charge < -0.3 is 14.2 Å². The fourth-order valence-corrected chi connectivity index (χ4v) is 5.05. The average Bonchev–Trinajstić information content (AvgIpc) is 2.94. The Morgan fingerprint density at radius 1 is 0.744 bits per heavy atom. The Bertz CT molecular complexity index is 1200. The maximum atomic E-state index is 13.7. The number of aryl methyl sites for hydroxylation is 2. The fourth-order valence-electron chi connectivity index (χ4n) is 5.05. The van der Waals surface area contributed by atoms with Gasteiger partial charge >= 0.3 is 5.97 Å². The van der Waals surface area contributed by atoms with E-state index in [0.717, 1.165) is 59.8 Å². The summed E-state index contributed by atoms with van der Waals surface area (Å²) in [6.07, 6.45) is 9.07. The lowest BCUT2D eigenvalue weighted by molar-refractivity contribution is 0.0727. The van der Waals surface area contributed by atoms with Crippen LogP contribution in [-0.4, -0.2) is 19.2 Å². The second-order valence-electron chi connectivity index (χ2n) is 10.9. The van der Waals surface area contributed by atoms with E-state index in [1.807, 2.05) is 49.4 Å². The third-order valence-electron chi connectivity index (χ3n) is 7.82. The van der Waals surface area contributed by atoms with Crippen LogP contribution in [0.5, 0.6) is 17.2 Å². The molecule has 2 unspecified atom stereocenters. The molecule has 0 aliphatic heterocycles. The molecular formula is C35H48O4. The molecule has 3 aromatic rings. The minimum Gasteiger partial charge on any atom is -0.493 e. The van der Waals surface area contributed by atoms with Gasteiger partial charge in [-0.15, -0.1) is 0 Å². The number of rotatable bonds is 16. The maximum Gasteiger partial charge on any atom is 0.347 e. The van der Waals surface area contributed by atoms with Crippen molar-refractivity contribution in [3.8, 4) is 17.2 Å². The smallest absolute Gasteiger partial charge is 0.347 e. The molecule has 4 heteroatoms. The zero-order valence-corrected chi connectivity index (χ0v) is 25.0. The lowest BCUT2D eigenvalue weighted by Crippen LogP contribution is -2.17. The predicted octanol–water partition coefficient (Wildman–Crippen LogP) is 9.87. The van der Waals surface area contributed by atoms with E-state index in [9.17, 15) is 4.79 Å². The van der Waals surface area contributed by atoms with Crippen molar-refractivity contribution >= 4 is 16.7 Å². The van der Waals surface area contributed by atoms with Crippen molar-refractivity contribution in [1.29, 1.82) is 0 Å². The molecule has 0 amide bonds. The molecule has 3 rings (SSSR count). The molecule has 0 N–H and O–H groups in total. The van der Waals surface area contributed by atoms with Crippen LogP contribution in [-0.2, 0) is 0 Å². The quantitative estimate of drug-likeness (QED) is 0.136. The summed E-state index contributed by atoms with van der Waals surface area (Å²) in [5.41, 5.74) is 2.43. The largest absolute Gasteiger partial charge is 0.493 e. The van der Waals surface area contributed by atoms with E-state index in [1.54, 1.807) is 0 Å². The molecule has 0 aromatic heterocycles. The van der Waals surface area contributed by atoms with E-state index < -0.39 is 5.97 Å². The van der Waals surface area contributed by atoms with E-state index in [2.05, 4.69) is 40.7 Å². The van der Waals surface area contributed by atoms with Gasteiger partial charge in [-0.05, 0) is 61.8 Å². The molecule has 0 heterocycles. The Balaban J connectivity index is 2.06. The number of ether oxygens (including phenoxy) is 3. The van der Waals surface area contributed by atoms with Gasteiger partial charge in [0.15, 0.2) is 0 Å². The van der Waals surface area contributed by atoms with Crippen LogP contribution in [0.15, 0.2) is 48.5 Å². The zero-order valence-electron chi connectivity index (χ0n) is 25.0. The first-order valence-corrected chi connectivity index (χ1v) is 15.0. The number of esters is 1.